The van der Waals surface area contributed by atoms with E-state index in [2.05, 4.69) is 10.1 Å². The molecule has 21 heavy (non-hydrogen) atoms. The second kappa shape index (κ2) is 7.54. The van der Waals surface area contributed by atoms with Crippen molar-refractivity contribution in [1.82, 2.24) is 4.98 Å². The molecule has 0 spiro atoms. The van der Waals surface area contributed by atoms with Gasteiger partial charge in [-0.25, -0.2) is 0 Å². The molecule has 0 amide bonds. The fraction of sp³-hybridized carbons (Fsp3) is 0.200. The summed E-state index contributed by atoms with van der Waals surface area (Å²) in [6.45, 7) is 0.473. The summed E-state index contributed by atoms with van der Waals surface area (Å²) in [6, 6.07) is 11.4. The summed E-state index contributed by atoms with van der Waals surface area (Å²) in [5, 5.41) is 12.0. The Balaban J connectivity index is 2.12. The molecule has 1 aromatic heterocycles. The second-order valence-electron chi connectivity index (χ2n) is 4.24. The molecule has 0 saturated heterocycles. The lowest BCUT2D eigenvalue weighted by Crippen LogP contribution is -2.16. The lowest BCUT2D eigenvalue weighted by Gasteiger charge is -2.13. The molecule has 0 saturated carbocycles. The standard InChI is InChI=1S/C15H17N3O2S/c1-21-13-7-4-6-12(14(13)15(16)18-19)20-10-8-11-5-2-3-9-17-11/h2-7,9,19H,8,10H2,1H3,(H2,16,18). The predicted molar refractivity (Wildman–Crippen MR) is 84.2 cm³/mol. The summed E-state index contributed by atoms with van der Waals surface area (Å²) >= 11 is 1.52. The molecule has 0 unspecified atom stereocenters. The molecule has 3 N–H and O–H groups in total. The van der Waals surface area contributed by atoms with Crippen molar-refractivity contribution in [3.63, 3.8) is 0 Å². The number of amidine groups is 1. The van der Waals surface area contributed by atoms with E-state index in [-0.39, 0.29) is 5.84 Å². The summed E-state index contributed by atoms with van der Waals surface area (Å²) in [5.41, 5.74) is 7.33. The number of hydrogen-bond donors (Lipinski definition) is 2. The summed E-state index contributed by atoms with van der Waals surface area (Å²) < 4.78 is 5.78. The molecular weight excluding hydrogens is 286 g/mol. The highest BCUT2D eigenvalue weighted by atomic mass is 32.2. The fourth-order valence-electron chi connectivity index (χ4n) is 1.92. The summed E-state index contributed by atoms with van der Waals surface area (Å²) in [5.74, 6) is 0.654. The average Bonchev–Trinajstić information content (AvgIpc) is 2.54. The number of thioether (sulfide) groups is 1. The Morgan fingerprint density at radius 3 is 2.86 bits per heavy atom. The van der Waals surface area contributed by atoms with E-state index in [0.29, 0.717) is 24.3 Å². The summed E-state index contributed by atoms with van der Waals surface area (Å²) in [4.78, 5) is 5.15. The SMILES string of the molecule is CSc1cccc(OCCc2ccccn2)c1/C(N)=N/O. The molecule has 0 atom stereocenters. The highest BCUT2D eigenvalue weighted by Gasteiger charge is 2.13. The van der Waals surface area contributed by atoms with Crippen LogP contribution >= 0.6 is 11.8 Å². The minimum absolute atomic E-state index is 0.0489. The van der Waals surface area contributed by atoms with Gasteiger partial charge in [0.15, 0.2) is 5.84 Å². The van der Waals surface area contributed by atoms with Gasteiger partial charge in [0.1, 0.15) is 5.75 Å². The number of benzene rings is 1. The molecule has 1 heterocycles. The first kappa shape index (κ1) is 15.2. The summed E-state index contributed by atoms with van der Waals surface area (Å²) in [6.07, 6.45) is 4.38. The molecule has 5 nitrogen and oxygen atoms in total. The van der Waals surface area contributed by atoms with Gasteiger partial charge in [-0.05, 0) is 30.5 Å². The van der Waals surface area contributed by atoms with Crippen LogP contribution in [0.3, 0.4) is 0 Å². The van der Waals surface area contributed by atoms with Crippen LogP contribution in [0.15, 0.2) is 52.6 Å². The molecule has 110 valence electrons. The Labute approximate surface area is 127 Å². The van der Waals surface area contributed by atoms with Crippen LogP contribution in [0.1, 0.15) is 11.3 Å². The van der Waals surface area contributed by atoms with Crippen molar-refractivity contribution in [2.45, 2.75) is 11.3 Å². The van der Waals surface area contributed by atoms with Crippen molar-refractivity contribution in [2.75, 3.05) is 12.9 Å². The van der Waals surface area contributed by atoms with Crippen LogP contribution in [0.4, 0.5) is 0 Å². The molecular formula is C15H17N3O2S. The third-order valence-corrected chi connectivity index (χ3v) is 3.69. The molecule has 0 aliphatic heterocycles. The van der Waals surface area contributed by atoms with Crippen LogP contribution in [0.25, 0.3) is 0 Å². The van der Waals surface area contributed by atoms with Crippen molar-refractivity contribution in [2.24, 2.45) is 10.9 Å². The van der Waals surface area contributed by atoms with Gasteiger partial charge >= 0.3 is 0 Å². The van der Waals surface area contributed by atoms with Gasteiger partial charge in [-0.1, -0.05) is 17.3 Å². The zero-order chi connectivity index (χ0) is 15.1. The molecule has 0 radical (unpaired) electrons. The predicted octanol–water partition coefficient (Wildman–Crippen LogP) is 2.52. The van der Waals surface area contributed by atoms with E-state index in [1.54, 1.807) is 6.20 Å². The quantitative estimate of drug-likeness (QED) is 0.282. The van der Waals surface area contributed by atoms with Gasteiger partial charge in [0.25, 0.3) is 0 Å². The molecule has 0 aliphatic carbocycles. The maximum Gasteiger partial charge on any atom is 0.174 e. The molecule has 0 fully saturated rings. The van der Waals surface area contributed by atoms with Crippen molar-refractivity contribution >= 4 is 17.6 Å². The number of nitrogens with zero attached hydrogens (tertiary/aromatic N) is 2. The third-order valence-electron chi connectivity index (χ3n) is 2.91. The van der Waals surface area contributed by atoms with Crippen LogP contribution in [-0.4, -0.2) is 28.9 Å². The van der Waals surface area contributed by atoms with E-state index in [1.165, 1.54) is 11.8 Å². The molecule has 6 heteroatoms. The number of oxime groups is 1. The van der Waals surface area contributed by atoms with Crippen molar-refractivity contribution in [3.05, 3.63) is 53.9 Å². The monoisotopic (exact) mass is 303 g/mol. The van der Waals surface area contributed by atoms with Crippen LogP contribution < -0.4 is 10.5 Å². The van der Waals surface area contributed by atoms with Gasteiger partial charge in [0, 0.05) is 23.2 Å². The molecule has 2 rings (SSSR count). The van der Waals surface area contributed by atoms with Gasteiger partial charge < -0.3 is 15.7 Å². The summed E-state index contributed by atoms with van der Waals surface area (Å²) in [7, 11) is 0. The van der Waals surface area contributed by atoms with Gasteiger partial charge in [-0.15, -0.1) is 11.8 Å². The smallest absolute Gasteiger partial charge is 0.174 e. The topological polar surface area (TPSA) is 80.7 Å². The zero-order valence-electron chi connectivity index (χ0n) is 11.7. The van der Waals surface area contributed by atoms with E-state index >= 15 is 0 Å². The fourth-order valence-corrected chi connectivity index (χ4v) is 2.54. The molecule has 1 aromatic carbocycles. The van der Waals surface area contributed by atoms with Crippen molar-refractivity contribution < 1.29 is 9.94 Å². The van der Waals surface area contributed by atoms with Gasteiger partial charge in [-0.2, -0.15) is 0 Å². The average molecular weight is 303 g/mol. The Hall–Kier alpha value is -2.21. The van der Waals surface area contributed by atoms with E-state index < -0.39 is 0 Å². The van der Waals surface area contributed by atoms with Crippen LogP contribution in [0, 0.1) is 0 Å². The normalized spacial score (nSPS) is 11.4. The second-order valence-corrected chi connectivity index (χ2v) is 5.09. The third kappa shape index (κ3) is 3.88. The Bertz CT molecular complexity index is 618. The van der Waals surface area contributed by atoms with E-state index in [1.807, 2.05) is 42.7 Å². The molecule has 2 aromatic rings. The first-order valence-electron chi connectivity index (χ1n) is 6.44. The number of hydrogen-bond acceptors (Lipinski definition) is 5. The first-order valence-corrected chi connectivity index (χ1v) is 7.66. The Morgan fingerprint density at radius 2 is 2.19 bits per heavy atom. The molecule has 0 aliphatic rings. The Kier molecular flexibility index (Phi) is 5.45. The van der Waals surface area contributed by atoms with Crippen LogP contribution in [0.5, 0.6) is 5.75 Å². The highest BCUT2D eigenvalue weighted by molar-refractivity contribution is 7.98. The highest BCUT2D eigenvalue weighted by Crippen LogP contribution is 2.28. The minimum atomic E-state index is 0.0489. The van der Waals surface area contributed by atoms with Crippen LogP contribution in [-0.2, 0) is 6.42 Å². The number of nitrogens with two attached hydrogens (primary N) is 1. The lowest BCUT2D eigenvalue weighted by molar-refractivity contribution is 0.312. The van der Waals surface area contributed by atoms with Crippen molar-refractivity contribution in [1.29, 1.82) is 0 Å². The molecule has 0 bridgehead atoms. The zero-order valence-corrected chi connectivity index (χ0v) is 12.5. The van der Waals surface area contributed by atoms with Gasteiger partial charge in [0.2, 0.25) is 0 Å². The number of rotatable bonds is 6. The van der Waals surface area contributed by atoms with Gasteiger partial charge in [0.05, 0.1) is 12.2 Å². The minimum Gasteiger partial charge on any atom is -0.492 e. The van der Waals surface area contributed by atoms with Crippen molar-refractivity contribution in [3.8, 4) is 5.75 Å². The Morgan fingerprint density at radius 1 is 1.33 bits per heavy atom. The van der Waals surface area contributed by atoms with Crippen LogP contribution in [0.2, 0.25) is 0 Å². The van der Waals surface area contributed by atoms with E-state index in [0.717, 1.165) is 10.6 Å². The number of ether oxygens (including phenoxy) is 1. The maximum atomic E-state index is 8.92. The van der Waals surface area contributed by atoms with Gasteiger partial charge in [-0.3, -0.25) is 4.98 Å². The van der Waals surface area contributed by atoms with E-state index in [9.17, 15) is 0 Å². The first-order chi connectivity index (χ1) is 10.3. The van der Waals surface area contributed by atoms with E-state index in [4.69, 9.17) is 15.7 Å². The number of aromatic nitrogens is 1. The largest absolute Gasteiger partial charge is 0.492 e. The maximum absolute atomic E-state index is 8.92. The lowest BCUT2D eigenvalue weighted by atomic mass is 10.2. The number of pyridine rings is 1.